The lowest BCUT2D eigenvalue weighted by Gasteiger charge is -2.29. The Labute approximate surface area is 183 Å². The van der Waals surface area contributed by atoms with E-state index in [4.69, 9.17) is 4.74 Å². The zero-order valence-corrected chi connectivity index (χ0v) is 20.4. The summed E-state index contributed by atoms with van der Waals surface area (Å²) >= 11 is 0. The Kier molecular flexibility index (Phi) is 13.5. The van der Waals surface area contributed by atoms with Gasteiger partial charge >= 0.3 is 0 Å². The standard InChI is InChI=1S/C23H40N2O2.BrH/c1-7-8-9-10-14-24-23(26)18-25(5,6)15-11-16-27-22-17-21(19(2)3)13-12-20(22)4;/h12-13,17,19H,7-11,14-16,18H2,1-6H3;1H. The Morgan fingerprint density at radius 3 is 2.50 bits per heavy atom. The number of halogens is 1. The second kappa shape index (κ2) is 14.0. The van der Waals surface area contributed by atoms with E-state index in [1.165, 1.54) is 30.4 Å². The van der Waals surface area contributed by atoms with Gasteiger partial charge in [-0.15, -0.1) is 0 Å². The summed E-state index contributed by atoms with van der Waals surface area (Å²) in [7, 11) is 4.22. The fourth-order valence-corrected chi connectivity index (χ4v) is 3.11. The van der Waals surface area contributed by atoms with Crippen molar-refractivity contribution in [1.82, 2.24) is 5.32 Å². The number of hydrogen-bond acceptors (Lipinski definition) is 2. The number of benzene rings is 1. The molecule has 5 heteroatoms. The first-order valence-electron chi connectivity index (χ1n) is 10.6. The van der Waals surface area contributed by atoms with Crippen LogP contribution < -0.4 is 27.0 Å². The minimum absolute atomic E-state index is 0. The molecule has 0 atom stereocenters. The third-order valence-electron chi connectivity index (χ3n) is 4.97. The molecule has 0 heterocycles. The lowest BCUT2D eigenvalue weighted by molar-refractivity contribution is -0.882. The minimum atomic E-state index is 0. The van der Waals surface area contributed by atoms with Gasteiger partial charge in [-0.3, -0.25) is 4.79 Å². The van der Waals surface area contributed by atoms with Crippen LogP contribution in [0.15, 0.2) is 18.2 Å². The summed E-state index contributed by atoms with van der Waals surface area (Å²) in [5, 5.41) is 3.05. The molecule has 0 saturated heterocycles. The largest absolute Gasteiger partial charge is 1.00 e. The van der Waals surface area contributed by atoms with Crippen LogP contribution in [0, 0.1) is 6.92 Å². The second-order valence-electron chi connectivity index (χ2n) is 8.61. The normalized spacial score (nSPS) is 11.2. The highest BCUT2D eigenvalue weighted by Gasteiger charge is 2.19. The predicted octanol–water partition coefficient (Wildman–Crippen LogP) is 1.66. The van der Waals surface area contributed by atoms with Crippen LogP contribution in [0.3, 0.4) is 0 Å². The Morgan fingerprint density at radius 1 is 1.14 bits per heavy atom. The molecule has 0 aromatic heterocycles. The van der Waals surface area contributed by atoms with Gasteiger partial charge in [0.2, 0.25) is 0 Å². The van der Waals surface area contributed by atoms with Gasteiger partial charge in [0.25, 0.3) is 5.91 Å². The number of aryl methyl sites for hydroxylation is 1. The average molecular weight is 457 g/mol. The van der Waals surface area contributed by atoms with E-state index in [1.807, 2.05) is 0 Å². The molecule has 1 aromatic rings. The number of rotatable bonds is 13. The second-order valence-corrected chi connectivity index (χ2v) is 8.61. The number of likely N-dealkylation sites (N-methyl/N-ethyl adjacent to an activating group) is 1. The third-order valence-corrected chi connectivity index (χ3v) is 4.97. The highest BCUT2D eigenvalue weighted by Crippen LogP contribution is 2.24. The van der Waals surface area contributed by atoms with Crippen molar-refractivity contribution in [1.29, 1.82) is 0 Å². The highest BCUT2D eigenvalue weighted by molar-refractivity contribution is 5.76. The fraction of sp³-hybridized carbons (Fsp3) is 0.696. The van der Waals surface area contributed by atoms with Gasteiger partial charge in [-0.2, -0.15) is 0 Å². The van der Waals surface area contributed by atoms with Crippen molar-refractivity contribution in [2.75, 3.05) is 40.3 Å². The summed E-state index contributed by atoms with van der Waals surface area (Å²) in [4.78, 5) is 12.1. The van der Waals surface area contributed by atoms with Gasteiger partial charge in [-0.1, -0.05) is 52.2 Å². The van der Waals surface area contributed by atoms with Crippen LogP contribution >= 0.6 is 0 Å². The number of carbonyl (C=O) groups excluding carboxylic acids is 1. The number of amides is 1. The lowest BCUT2D eigenvalue weighted by atomic mass is 10.0. The van der Waals surface area contributed by atoms with Crippen molar-refractivity contribution >= 4 is 5.91 Å². The number of carbonyl (C=O) groups is 1. The molecule has 0 aliphatic carbocycles. The van der Waals surface area contributed by atoms with Gasteiger partial charge in [-0.05, 0) is 36.5 Å². The van der Waals surface area contributed by atoms with E-state index in [9.17, 15) is 4.79 Å². The summed E-state index contributed by atoms with van der Waals surface area (Å²) in [5.74, 6) is 1.64. The smallest absolute Gasteiger partial charge is 0.275 e. The molecule has 0 bridgehead atoms. The number of ether oxygens (including phenoxy) is 1. The molecule has 1 aromatic carbocycles. The molecule has 1 amide bonds. The van der Waals surface area contributed by atoms with E-state index in [1.54, 1.807) is 0 Å². The van der Waals surface area contributed by atoms with E-state index in [0.717, 1.165) is 31.7 Å². The summed E-state index contributed by atoms with van der Waals surface area (Å²) in [6, 6.07) is 6.47. The molecule has 1 rings (SSSR count). The molecular weight excluding hydrogens is 416 g/mol. The molecule has 28 heavy (non-hydrogen) atoms. The van der Waals surface area contributed by atoms with E-state index in [-0.39, 0.29) is 22.9 Å². The monoisotopic (exact) mass is 456 g/mol. The molecule has 0 aliphatic rings. The quantitative estimate of drug-likeness (QED) is 0.362. The maximum Gasteiger partial charge on any atom is 0.275 e. The van der Waals surface area contributed by atoms with Crippen molar-refractivity contribution in [2.45, 2.75) is 65.7 Å². The van der Waals surface area contributed by atoms with Crippen molar-refractivity contribution < 1.29 is 31.0 Å². The van der Waals surface area contributed by atoms with E-state index >= 15 is 0 Å². The van der Waals surface area contributed by atoms with Crippen molar-refractivity contribution in [3.8, 4) is 5.75 Å². The molecular formula is C23H41BrN2O2. The molecule has 0 saturated carbocycles. The molecule has 0 aliphatic heterocycles. The zero-order valence-electron chi connectivity index (χ0n) is 18.8. The minimum Gasteiger partial charge on any atom is -1.00 e. The lowest BCUT2D eigenvalue weighted by Crippen LogP contribution is -3.00. The van der Waals surface area contributed by atoms with Crippen molar-refractivity contribution in [3.63, 3.8) is 0 Å². The first-order chi connectivity index (χ1) is 12.7. The molecule has 4 nitrogen and oxygen atoms in total. The number of nitrogens with one attached hydrogen (secondary N) is 1. The van der Waals surface area contributed by atoms with E-state index in [0.29, 0.717) is 23.6 Å². The number of nitrogens with zero attached hydrogens (tertiary/aromatic N) is 1. The van der Waals surface area contributed by atoms with Gasteiger partial charge in [0.15, 0.2) is 6.54 Å². The van der Waals surface area contributed by atoms with Crippen LogP contribution in [0.2, 0.25) is 0 Å². The summed E-state index contributed by atoms with van der Waals surface area (Å²) in [5.41, 5.74) is 2.48. The number of unbranched alkanes of at least 4 members (excludes halogenated alkanes) is 3. The maximum absolute atomic E-state index is 12.1. The third kappa shape index (κ3) is 11.1. The highest BCUT2D eigenvalue weighted by atomic mass is 79.9. The van der Waals surface area contributed by atoms with E-state index < -0.39 is 0 Å². The predicted molar refractivity (Wildman–Crippen MR) is 114 cm³/mol. The summed E-state index contributed by atoms with van der Waals surface area (Å²) in [6.07, 6.45) is 5.68. The molecule has 0 fully saturated rings. The van der Waals surface area contributed by atoms with E-state index in [2.05, 4.69) is 65.3 Å². The first-order valence-corrected chi connectivity index (χ1v) is 10.6. The van der Waals surface area contributed by atoms with Crippen LogP contribution in [0.5, 0.6) is 5.75 Å². The van der Waals surface area contributed by atoms with Crippen LogP contribution in [0.4, 0.5) is 0 Å². The van der Waals surface area contributed by atoms with Crippen molar-refractivity contribution in [2.24, 2.45) is 0 Å². The Morgan fingerprint density at radius 2 is 1.86 bits per heavy atom. The van der Waals surface area contributed by atoms with Crippen molar-refractivity contribution in [3.05, 3.63) is 29.3 Å². The van der Waals surface area contributed by atoms with Gasteiger partial charge in [0.05, 0.1) is 27.2 Å². The van der Waals surface area contributed by atoms with Gasteiger partial charge in [-0.25, -0.2) is 0 Å². The first kappa shape index (κ1) is 26.9. The van der Waals surface area contributed by atoms with Gasteiger partial charge in [0.1, 0.15) is 5.75 Å². The Bertz CT molecular complexity index is 574. The average Bonchev–Trinajstić information content (AvgIpc) is 2.59. The molecule has 0 unspecified atom stereocenters. The number of quaternary nitrogens is 1. The van der Waals surface area contributed by atoms with Crippen LogP contribution in [0.1, 0.15) is 69.9 Å². The summed E-state index contributed by atoms with van der Waals surface area (Å²) < 4.78 is 6.71. The van der Waals surface area contributed by atoms with Crippen LogP contribution in [0.25, 0.3) is 0 Å². The van der Waals surface area contributed by atoms with Crippen LogP contribution in [-0.2, 0) is 4.79 Å². The van der Waals surface area contributed by atoms with Crippen LogP contribution in [-0.4, -0.2) is 50.7 Å². The topological polar surface area (TPSA) is 38.3 Å². The zero-order chi connectivity index (χ0) is 20.3. The molecule has 1 N–H and O–H groups in total. The number of hydrogen-bond donors (Lipinski definition) is 1. The molecule has 0 radical (unpaired) electrons. The molecule has 0 spiro atoms. The van der Waals surface area contributed by atoms with Gasteiger partial charge in [0, 0.05) is 13.0 Å². The summed E-state index contributed by atoms with van der Waals surface area (Å²) in [6.45, 7) is 11.6. The SMILES string of the molecule is CCCCCCNC(=O)C[N+](C)(C)CCCOc1cc(C(C)C)ccc1C.[Br-]. The Balaban J connectivity index is 0.00000729. The Hall–Kier alpha value is -1.07. The fourth-order valence-electron chi connectivity index (χ4n) is 3.11. The van der Waals surface area contributed by atoms with Gasteiger partial charge < -0.3 is 31.5 Å². The maximum atomic E-state index is 12.1. The molecule has 162 valence electrons.